The van der Waals surface area contributed by atoms with Crippen LogP contribution in [-0.4, -0.2) is 35.5 Å². The molecule has 5 fully saturated rings. The molecular weight excluding hydrogens is 320 g/mol. The van der Waals surface area contributed by atoms with Gasteiger partial charge in [0.2, 0.25) is 0 Å². The van der Waals surface area contributed by atoms with Gasteiger partial charge in [-0.2, -0.15) is 0 Å². The van der Waals surface area contributed by atoms with Gasteiger partial charge in [0.1, 0.15) is 16.0 Å². The quantitative estimate of drug-likeness (QED) is 0.834. The molecule has 0 spiro atoms. The summed E-state index contributed by atoms with van der Waals surface area (Å²) in [5, 5.41) is 0.981. The van der Waals surface area contributed by atoms with Crippen molar-refractivity contribution in [2.75, 3.05) is 13.7 Å². The second-order valence-electron chi connectivity index (χ2n) is 8.40. The fourth-order valence-electron chi connectivity index (χ4n) is 6.15. The lowest BCUT2D eigenvalue weighted by Crippen LogP contribution is -2.56. The first-order valence-corrected chi connectivity index (χ1v) is 10.3. The number of carbonyl (C=O) groups excluding carboxylic acids is 1. The zero-order valence-corrected chi connectivity index (χ0v) is 15.1. The molecule has 1 aromatic heterocycles. The third-order valence-corrected chi connectivity index (χ3v) is 7.96. The van der Waals surface area contributed by atoms with E-state index in [1.165, 1.54) is 32.1 Å². The van der Waals surface area contributed by atoms with Crippen molar-refractivity contribution in [2.24, 2.45) is 23.7 Å². The molecule has 24 heavy (non-hydrogen) atoms. The Hall–Kier alpha value is -0.940. The molecule has 4 saturated carbocycles. The van der Waals surface area contributed by atoms with Crippen molar-refractivity contribution < 1.29 is 9.53 Å². The van der Waals surface area contributed by atoms with Gasteiger partial charge < -0.3 is 9.64 Å². The summed E-state index contributed by atoms with van der Waals surface area (Å²) in [6.45, 7) is 0.821. The van der Waals surface area contributed by atoms with Gasteiger partial charge in [-0.3, -0.25) is 4.79 Å². The fourth-order valence-corrected chi connectivity index (χ4v) is 7.13. The maximum atomic E-state index is 13.1. The molecular formula is C19H26N2O2S. The zero-order chi connectivity index (χ0) is 16.3. The normalized spacial score (nSPS) is 40.2. The molecule has 0 N–H and O–H groups in total. The molecule has 1 atom stereocenters. The number of thiazole rings is 1. The molecule has 1 saturated heterocycles. The Morgan fingerprint density at radius 2 is 1.92 bits per heavy atom. The van der Waals surface area contributed by atoms with Crippen LogP contribution in [0.1, 0.15) is 65.7 Å². The van der Waals surface area contributed by atoms with Gasteiger partial charge in [0.05, 0.1) is 6.20 Å². The van der Waals surface area contributed by atoms with E-state index in [-0.39, 0.29) is 12.0 Å². The topological polar surface area (TPSA) is 42.4 Å². The second kappa shape index (κ2) is 5.80. The molecule has 4 nitrogen and oxygen atoms in total. The van der Waals surface area contributed by atoms with Gasteiger partial charge in [-0.15, -0.1) is 11.3 Å². The average Bonchev–Trinajstić information content (AvgIpc) is 3.24. The van der Waals surface area contributed by atoms with E-state index in [9.17, 15) is 4.79 Å². The van der Waals surface area contributed by atoms with Crippen molar-refractivity contribution >= 4 is 17.2 Å². The predicted molar refractivity (Wildman–Crippen MR) is 93.0 cm³/mol. The second-order valence-corrected chi connectivity index (χ2v) is 9.46. The number of nitrogens with zero attached hydrogens (tertiary/aromatic N) is 2. The van der Waals surface area contributed by atoms with Crippen molar-refractivity contribution in [3.05, 3.63) is 16.1 Å². The summed E-state index contributed by atoms with van der Waals surface area (Å²) in [7, 11) is 2.03. The largest absolute Gasteiger partial charge is 0.371 e. The number of amides is 1. The number of carbonyl (C=O) groups is 1. The van der Waals surface area contributed by atoms with E-state index in [2.05, 4.69) is 9.88 Å². The number of aromatic nitrogens is 1. The first-order valence-electron chi connectivity index (χ1n) is 9.53. The van der Waals surface area contributed by atoms with E-state index < -0.39 is 0 Å². The summed E-state index contributed by atoms with van der Waals surface area (Å²) in [6, 6.07) is 0.457. The van der Waals surface area contributed by atoms with Gasteiger partial charge in [-0.25, -0.2) is 4.98 Å². The van der Waals surface area contributed by atoms with Gasteiger partial charge in [-0.05, 0) is 68.6 Å². The zero-order valence-electron chi connectivity index (χ0n) is 14.3. The molecule has 1 amide bonds. The van der Waals surface area contributed by atoms with Crippen LogP contribution < -0.4 is 0 Å². The van der Waals surface area contributed by atoms with Crippen LogP contribution in [0.3, 0.4) is 0 Å². The van der Waals surface area contributed by atoms with E-state index in [4.69, 9.17) is 4.74 Å². The van der Waals surface area contributed by atoms with Crippen LogP contribution in [0.2, 0.25) is 0 Å². The SMILES string of the molecule is CN(C(=O)c1cnc([C@H]2CCCO2)s1)C1C2CC3CC(C2)CC1C3. The summed E-state index contributed by atoms with van der Waals surface area (Å²) >= 11 is 1.54. The van der Waals surface area contributed by atoms with Crippen LogP contribution in [0.25, 0.3) is 0 Å². The molecule has 2 heterocycles. The lowest BCUT2D eigenvalue weighted by Gasteiger charge is -2.56. The van der Waals surface area contributed by atoms with E-state index >= 15 is 0 Å². The van der Waals surface area contributed by atoms with Crippen LogP contribution >= 0.6 is 11.3 Å². The Balaban J connectivity index is 1.33. The molecule has 0 radical (unpaired) electrons. The molecule has 6 rings (SSSR count). The highest BCUT2D eigenvalue weighted by Crippen LogP contribution is 2.55. The molecule has 0 aromatic carbocycles. The van der Waals surface area contributed by atoms with Crippen LogP contribution in [0.5, 0.6) is 0 Å². The third kappa shape index (κ3) is 2.43. The minimum atomic E-state index is 0.114. The van der Waals surface area contributed by atoms with Crippen LogP contribution in [0.4, 0.5) is 0 Å². The van der Waals surface area contributed by atoms with E-state index in [1.807, 2.05) is 7.05 Å². The van der Waals surface area contributed by atoms with E-state index in [0.717, 1.165) is 53.0 Å². The molecule has 4 bridgehead atoms. The van der Waals surface area contributed by atoms with Gasteiger partial charge in [0, 0.05) is 19.7 Å². The van der Waals surface area contributed by atoms with Gasteiger partial charge >= 0.3 is 0 Å². The summed E-state index contributed by atoms with van der Waals surface area (Å²) < 4.78 is 5.71. The molecule has 5 aliphatic rings. The molecule has 1 aromatic rings. The molecule has 130 valence electrons. The monoisotopic (exact) mass is 346 g/mol. The number of ether oxygens (including phenoxy) is 1. The summed E-state index contributed by atoms with van der Waals surface area (Å²) in [6.07, 6.45) is 10.9. The van der Waals surface area contributed by atoms with Crippen LogP contribution in [0.15, 0.2) is 6.20 Å². The lowest BCUT2D eigenvalue weighted by molar-refractivity contribution is -0.0489. The highest BCUT2D eigenvalue weighted by Gasteiger charge is 2.50. The number of hydrogen-bond donors (Lipinski definition) is 0. The molecule has 4 aliphatic carbocycles. The van der Waals surface area contributed by atoms with Crippen molar-refractivity contribution in [1.82, 2.24) is 9.88 Å². The van der Waals surface area contributed by atoms with Gasteiger partial charge in [0.25, 0.3) is 5.91 Å². The average molecular weight is 346 g/mol. The smallest absolute Gasteiger partial charge is 0.265 e. The summed E-state index contributed by atoms with van der Waals surface area (Å²) in [5.41, 5.74) is 0. The van der Waals surface area contributed by atoms with Crippen LogP contribution in [-0.2, 0) is 4.74 Å². The van der Waals surface area contributed by atoms with Gasteiger partial charge in [-0.1, -0.05) is 0 Å². The van der Waals surface area contributed by atoms with E-state index in [1.54, 1.807) is 17.5 Å². The van der Waals surface area contributed by atoms with Crippen molar-refractivity contribution in [3.63, 3.8) is 0 Å². The summed E-state index contributed by atoms with van der Waals surface area (Å²) in [5.74, 6) is 3.54. The fraction of sp³-hybridized carbons (Fsp3) is 0.789. The van der Waals surface area contributed by atoms with Crippen molar-refractivity contribution in [1.29, 1.82) is 0 Å². The van der Waals surface area contributed by atoms with Crippen molar-refractivity contribution in [2.45, 2.75) is 57.1 Å². The Kier molecular flexibility index (Phi) is 3.71. The van der Waals surface area contributed by atoms with Gasteiger partial charge in [0.15, 0.2) is 0 Å². The standard InChI is InChI=1S/C19H26N2O2S/c1-21(17-13-6-11-5-12(8-13)9-14(17)7-11)19(22)16-10-20-18(24-16)15-3-2-4-23-15/h10-15,17H,2-9H2,1H3/t11?,12?,13?,14?,15-,17?/m1/s1. The van der Waals surface area contributed by atoms with Crippen molar-refractivity contribution in [3.8, 4) is 0 Å². The highest BCUT2D eigenvalue weighted by molar-refractivity contribution is 7.13. The number of rotatable bonds is 3. The lowest BCUT2D eigenvalue weighted by atomic mass is 9.54. The Morgan fingerprint density at radius 3 is 2.54 bits per heavy atom. The molecule has 0 unspecified atom stereocenters. The number of hydrogen-bond acceptors (Lipinski definition) is 4. The third-order valence-electron chi connectivity index (χ3n) is 6.88. The highest BCUT2D eigenvalue weighted by atomic mass is 32.1. The Morgan fingerprint density at radius 1 is 1.21 bits per heavy atom. The van der Waals surface area contributed by atoms with E-state index in [0.29, 0.717) is 6.04 Å². The minimum absolute atomic E-state index is 0.114. The maximum absolute atomic E-state index is 13.1. The maximum Gasteiger partial charge on any atom is 0.265 e. The summed E-state index contributed by atoms with van der Waals surface area (Å²) in [4.78, 5) is 20.4. The Bertz CT molecular complexity index is 609. The Labute approximate surface area is 147 Å². The molecule has 1 aliphatic heterocycles. The molecule has 5 heteroatoms. The minimum Gasteiger partial charge on any atom is -0.371 e. The predicted octanol–water partition coefficient (Wildman–Crippen LogP) is 3.89. The first kappa shape index (κ1) is 15.3. The first-order chi connectivity index (χ1) is 11.7. The van der Waals surface area contributed by atoms with Crippen LogP contribution in [0, 0.1) is 23.7 Å².